The van der Waals surface area contributed by atoms with Crippen molar-refractivity contribution in [3.63, 3.8) is 0 Å². The molecule has 0 fully saturated rings. The molecule has 4 heterocycles. The summed E-state index contributed by atoms with van der Waals surface area (Å²) in [5.41, 5.74) is 1.74. The van der Waals surface area contributed by atoms with Crippen molar-refractivity contribution in [2.75, 3.05) is 0 Å². The van der Waals surface area contributed by atoms with Crippen molar-refractivity contribution in [1.82, 2.24) is 19.9 Å². The van der Waals surface area contributed by atoms with E-state index >= 15 is 0 Å². The lowest BCUT2D eigenvalue weighted by atomic mass is 10.1. The molecule has 0 saturated carbocycles. The summed E-state index contributed by atoms with van der Waals surface area (Å²) in [5.74, 6) is -3.64. The maximum absolute atomic E-state index is 11.8. The number of pyridine rings is 4. The van der Waals surface area contributed by atoms with E-state index in [2.05, 4.69) is 19.9 Å². The monoisotopic (exact) mass is 456 g/mol. The summed E-state index contributed by atoms with van der Waals surface area (Å²) < 4.78 is 0. The molecule has 4 aromatic rings. The number of carboxylic acid groups (broad SMARTS) is 3. The van der Waals surface area contributed by atoms with Crippen molar-refractivity contribution in [3.05, 3.63) is 83.2 Å². The summed E-state index contributed by atoms with van der Waals surface area (Å²) in [6, 6.07) is 11.3. The van der Waals surface area contributed by atoms with Gasteiger partial charge in [-0.05, 0) is 61.0 Å². The number of hydrogen-bond acceptors (Lipinski definition) is 7. The van der Waals surface area contributed by atoms with Crippen LogP contribution in [0.15, 0.2) is 60.9 Å². The van der Waals surface area contributed by atoms with E-state index in [0.717, 1.165) is 5.56 Å². The van der Waals surface area contributed by atoms with Crippen LogP contribution >= 0.6 is 0 Å². The lowest BCUT2D eigenvalue weighted by Gasteiger charge is -2.10. The van der Waals surface area contributed by atoms with E-state index < -0.39 is 17.9 Å². The van der Waals surface area contributed by atoms with E-state index in [0.29, 0.717) is 5.69 Å². The van der Waals surface area contributed by atoms with Crippen LogP contribution in [0.3, 0.4) is 0 Å². The largest absolute Gasteiger partial charge is 0.478 e. The highest BCUT2D eigenvalue weighted by atomic mass is 16.4. The van der Waals surface area contributed by atoms with Crippen LogP contribution in [0.4, 0.5) is 0 Å². The second kappa shape index (κ2) is 8.87. The normalized spacial score (nSPS) is 10.6. The third-order valence-electron chi connectivity index (χ3n) is 4.85. The molecule has 0 radical (unpaired) electrons. The topological polar surface area (TPSA) is 163 Å². The number of rotatable bonds is 6. The molecule has 0 aliphatic heterocycles. The van der Waals surface area contributed by atoms with E-state index in [-0.39, 0.29) is 45.2 Å². The highest BCUT2D eigenvalue weighted by Gasteiger charge is 2.17. The van der Waals surface area contributed by atoms with Crippen LogP contribution in [-0.4, -0.2) is 53.2 Å². The van der Waals surface area contributed by atoms with Crippen molar-refractivity contribution >= 4 is 17.9 Å². The molecule has 4 rings (SSSR count). The van der Waals surface area contributed by atoms with Crippen LogP contribution in [0.1, 0.15) is 36.6 Å². The van der Waals surface area contributed by atoms with Gasteiger partial charge in [0.2, 0.25) is 0 Å². The van der Waals surface area contributed by atoms with Crippen molar-refractivity contribution in [1.29, 1.82) is 0 Å². The molecule has 10 heteroatoms. The molecule has 0 atom stereocenters. The fourth-order valence-corrected chi connectivity index (χ4v) is 3.21. The SMILES string of the molecule is Cc1ccnc(-c2cc(C(=O)O)cc(-c3cc(C(=O)O)cc(-c4cc(C(=O)O)ccn4)n3)n2)c1. The van der Waals surface area contributed by atoms with Crippen LogP contribution in [0.25, 0.3) is 34.2 Å². The van der Waals surface area contributed by atoms with E-state index in [9.17, 15) is 29.7 Å². The summed E-state index contributed by atoms with van der Waals surface area (Å²) in [5, 5.41) is 28.5. The number of aryl methyl sites for hydroxylation is 1. The summed E-state index contributed by atoms with van der Waals surface area (Å²) in [6.07, 6.45) is 2.85. The first-order chi connectivity index (χ1) is 16.2. The van der Waals surface area contributed by atoms with E-state index in [4.69, 9.17) is 0 Å². The third-order valence-corrected chi connectivity index (χ3v) is 4.85. The van der Waals surface area contributed by atoms with Crippen molar-refractivity contribution in [2.24, 2.45) is 0 Å². The first-order valence-corrected chi connectivity index (χ1v) is 9.85. The summed E-state index contributed by atoms with van der Waals surface area (Å²) >= 11 is 0. The number of hydrogen-bond donors (Lipinski definition) is 3. The van der Waals surface area contributed by atoms with E-state index in [1.165, 1.54) is 42.6 Å². The summed E-state index contributed by atoms with van der Waals surface area (Å²) in [6.45, 7) is 1.86. The highest BCUT2D eigenvalue weighted by molar-refractivity contribution is 5.93. The van der Waals surface area contributed by atoms with Crippen molar-refractivity contribution < 1.29 is 29.7 Å². The molecule has 168 valence electrons. The molecule has 0 unspecified atom stereocenters. The van der Waals surface area contributed by atoms with Gasteiger partial charge in [-0.3, -0.25) is 9.97 Å². The summed E-state index contributed by atoms with van der Waals surface area (Å²) in [7, 11) is 0. The van der Waals surface area contributed by atoms with Crippen LogP contribution in [0.5, 0.6) is 0 Å². The maximum Gasteiger partial charge on any atom is 0.335 e. The number of aromatic nitrogens is 4. The molecular formula is C24H16N4O6. The lowest BCUT2D eigenvalue weighted by molar-refractivity contribution is 0.0685. The van der Waals surface area contributed by atoms with Gasteiger partial charge in [0.15, 0.2) is 0 Å². The van der Waals surface area contributed by atoms with Gasteiger partial charge < -0.3 is 15.3 Å². The molecule has 4 aromatic heterocycles. The Morgan fingerprint density at radius 3 is 1.38 bits per heavy atom. The number of carbonyl (C=O) groups is 3. The summed E-state index contributed by atoms with van der Waals surface area (Å²) in [4.78, 5) is 52.1. The van der Waals surface area contributed by atoms with Gasteiger partial charge in [-0.15, -0.1) is 0 Å². The molecule has 0 aliphatic rings. The Kier molecular flexibility index (Phi) is 5.79. The fraction of sp³-hybridized carbons (Fsp3) is 0.0417. The van der Waals surface area contributed by atoms with Gasteiger partial charge in [0.25, 0.3) is 0 Å². The number of aromatic carboxylic acids is 3. The predicted octanol–water partition coefficient (Wildman–Crippen LogP) is 3.67. The Hall–Kier alpha value is -4.99. The van der Waals surface area contributed by atoms with Crippen LogP contribution in [0.2, 0.25) is 0 Å². The number of nitrogens with zero attached hydrogens (tertiary/aromatic N) is 4. The highest BCUT2D eigenvalue weighted by Crippen LogP contribution is 2.27. The van der Waals surface area contributed by atoms with Crippen molar-refractivity contribution in [2.45, 2.75) is 6.92 Å². The van der Waals surface area contributed by atoms with Gasteiger partial charge in [-0.25, -0.2) is 24.4 Å². The van der Waals surface area contributed by atoms with Gasteiger partial charge in [-0.1, -0.05) is 0 Å². The average molecular weight is 456 g/mol. The standard InChI is InChI=1S/C24H16N4O6/c1-12-2-4-25-16(6-12)18-8-14(23(31)32)10-20(27-18)21-11-15(24(33)34)9-19(28-21)17-7-13(22(29)30)3-5-26-17/h2-11H,1H3,(H,29,30)(H,31,32)(H,33,34). The minimum absolute atomic E-state index is 0.0483. The quantitative estimate of drug-likeness (QED) is 0.390. The van der Waals surface area contributed by atoms with Crippen LogP contribution < -0.4 is 0 Å². The Balaban J connectivity index is 1.93. The Morgan fingerprint density at radius 2 is 0.941 bits per heavy atom. The zero-order chi connectivity index (χ0) is 24.4. The first-order valence-electron chi connectivity index (χ1n) is 9.85. The Labute approximate surface area is 192 Å². The minimum Gasteiger partial charge on any atom is -0.478 e. The second-order valence-corrected chi connectivity index (χ2v) is 7.32. The molecule has 34 heavy (non-hydrogen) atoms. The molecule has 0 amide bonds. The molecule has 0 aliphatic carbocycles. The molecule has 10 nitrogen and oxygen atoms in total. The minimum atomic E-state index is -1.26. The molecular weight excluding hydrogens is 440 g/mol. The van der Waals surface area contributed by atoms with Crippen LogP contribution in [0, 0.1) is 6.92 Å². The van der Waals surface area contributed by atoms with E-state index in [1.54, 1.807) is 18.3 Å². The first kappa shape index (κ1) is 22.2. The second-order valence-electron chi connectivity index (χ2n) is 7.32. The predicted molar refractivity (Wildman–Crippen MR) is 120 cm³/mol. The molecule has 3 N–H and O–H groups in total. The Morgan fingerprint density at radius 1 is 0.559 bits per heavy atom. The third kappa shape index (κ3) is 4.60. The zero-order valence-electron chi connectivity index (χ0n) is 17.6. The fourth-order valence-electron chi connectivity index (χ4n) is 3.21. The van der Waals surface area contributed by atoms with Crippen molar-refractivity contribution in [3.8, 4) is 34.2 Å². The van der Waals surface area contributed by atoms with Gasteiger partial charge >= 0.3 is 17.9 Å². The van der Waals surface area contributed by atoms with Crippen LogP contribution in [-0.2, 0) is 0 Å². The van der Waals surface area contributed by atoms with Gasteiger partial charge in [0.1, 0.15) is 0 Å². The average Bonchev–Trinajstić information content (AvgIpc) is 2.83. The molecule has 0 spiro atoms. The molecule has 0 aromatic carbocycles. The Bertz CT molecular complexity index is 1470. The van der Waals surface area contributed by atoms with Gasteiger partial charge in [-0.2, -0.15) is 0 Å². The van der Waals surface area contributed by atoms with Gasteiger partial charge in [0.05, 0.1) is 50.9 Å². The maximum atomic E-state index is 11.8. The smallest absolute Gasteiger partial charge is 0.335 e. The van der Waals surface area contributed by atoms with E-state index in [1.807, 2.05) is 6.92 Å². The molecule has 0 saturated heterocycles. The van der Waals surface area contributed by atoms with Gasteiger partial charge in [0, 0.05) is 12.4 Å². The lowest BCUT2D eigenvalue weighted by Crippen LogP contribution is -2.04. The number of carboxylic acids is 3. The molecule has 0 bridgehead atoms. The zero-order valence-corrected chi connectivity index (χ0v) is 17.6.